The third kappa shape index (κ3) is 4.61. The maximum absolute atomic E-state index is 11.6. The van der Waals surface area contributed by atoms with E-state index in [9.17, 15) is 9.59 Å². The zero-order valence-electron chi connectivity index (χ0n) is 15.2. The lowest BCUT2D eigenvalue weighted by molar-refractivity contribution is -0.144. The minimum absolute atomic E-state index is 0.374. The average molecular weight is 360 g/mol. The Bertz CT molecular complexity index is 999. The van der Waals surface area contributed by atoms with Crippen LogP contribution in [0.25, 0.3) is 16.8 Å². The summed E-state index contributed by atoms with van der Waals surface area (Å²) < 4.78 is 10.7. The minimum Gasteiger partial charge on any atom is -0.453 e. The van der Waals surface area contributed by atoms with Crippen LogP contribution in [0.2, 0.25) is 0 Å². The topological polar surface area (TPSA) is 52.6 Å². The highest BCUT2D eigenvalue weighted by molar-refractivity contribution is 5.90. The van der Waals surface area contributed by atoms with E-state index in [1.807, 2.05) is 54.6 Å². The van der Waals surface area contributed by atoms with Crippen LogP contribution in [-0.2, 0) is 14.3 Å². The molecule has 0 aromatic heterocycles. The van der Waals surface area contributed by atoms with Gasteiger partial charge < -0.3 is 9.47 Å². The molecule has 0 bridgehead atoms. The third-order valence-corrected chi connectivity index (χ3v) is 4.05. The van der Waals surface area contributed by atoms with Gasteiger partial charge in [0.1, 0.15) is 11.9 Å². The molecule has 0 saturated carbocycles. The van der Waals surface area contributed by atoms with E-state index in [0.717, 1.165) is 16.3 Å². The Morgan fingerprint density at radius 1 is 0.852 bits per heavy atom. The number of hydrogen-bond acceptors (Lipinski definition) is 4. The molecule has 4 heteroatoms. The van der Waals surface area contributed by atoms with Crippen molar-refractivity contribution in [2.45, 2.75) is 20.0 Å². The normalized spacial score (nSPS) is 12.1. The first kappa shape index (κ1) is 18.4. The maximum atomic E-state index is 11.6. The molecule has 0 aliphatic carbocycles. The second-order valence-electron chi connectivity index (χ2n) is 6.09. The number of ether oxygens (including phenoxy) is 2. The molecule has 0 aliphatic heterocycles. The number of carbonyl (C=O) groups is 2. The van der Waals surface area contributed by atoms with E-state index in [1.54, 1.807) is 24.3 Å². The van der Waals surface area contributed by atoms with Crippen LogP contribution in [0.1, 0.15) is 31.1 Å². The van der Waals surface area contributed by atoms with Crippen LogP contribution < -0.4 is 4.74 Å². The molecule has 0 aliphatic rings. The van der Waals surface area contributed by atoms with Crippen molar-refractivity contribution in [2.75, 3.05) is 0 Å². The van der Waals surface area contributed by atoms with Crippen LogP contribution in [0.4, 0.5) is 0 Å². The van der Waals surface area contributed by atoms with Gasteiger partial charge in [-0.3, -0.25) is 9.59 Å². The Morgan fingerprint density at radius 3 is 2.33 bits per heavy atom. The summed E-state index contributed by atoms with van der Waals surface area (Å²) in [5.74, 6) is -0.471. The first-order valence-electron chi connectivity index (χ1n) is 8.65. The van der Waals surface area contributed by atoms with Crippen LogP contribution in [0, 0.1) is 0 Å². The zero-order chi connectivity index (χ0) is 19.2. The molecule has 27 heavy (non-hydrogen) atoms. The summed E-state index contributed by atoms with van der Waals surface area (Å²) in [6.07, 6.45) is 3.04. The molecule has 0 amide bonds. The highest BCUT2D eigenvalue weighted by Crippen LogP contribution is 2.30. The van der Waals surface area contributed by atoms with Gasteiger partial charge in [-0.25, -0.2) is 0 Å². The molecule has 0 N–H and O–H groups in total. The molecular weight excluding hydrogens is 340 g/mol. The van der Waals surface area contributed by atoms with Crippen molar-refractivity contribution < 1.29 is 19.1 Å². The van der Waals surface area contributed by atoms with E-state index in [1.165, 1.54) is 13.8 Å². The summed E-state index contributed by atoms with van der Waals surface area (Å²) in [4.78, 5) is 23.0. The van der Waals surface area contributed by atoms with Gasteiger partial charge in [-0.05, 0) is 28.5 Å². The van der Waals surface area contributed by atoms with Gasteiger partial charge in [0.15, 0.2) is 0 Å². The fourth-order valence-corrected chi connectivity index (χ4v) is 2.94. The number of para-hydroxylation sites is 1. The van der Waals surface area contributed by atoms with Crippen LogP contribution in [0.3, 0.4) is 0 Å². The van der Waals surface area contributed by atoms with E-state index in [0.29, 0.717) is 11.3 Å². The van der Waals surface area contributed by atoms with Crippen LogP contribution in [0.5, 0.6) is 5.75 Å². The second kappa shape index (κ2) is 8.32. The zero-order valence-corrected chi connectivity index (χ0v) is 15.2. The molecule has 0 fully saturated rings. The van der Waals surface area contributed by atoms with Crippen molar-refractivity contribution in [1.82, 2.24) is 0 Å². The van der Waals surface area contributed by atoms with Crippen molar-refractivity contribution >= 4 is 28.8 Å². The second-order valence-corrected chi connectivity index (χ2v) is 6.09. The summed E-state index contributed by atoms with van der Waals surface area (Å²) in [7, 11) is 0. The molecule has 3 rings (SSSR count). The van der Waals surface area contributed by atoms with Gasteiger partial charge in [-0.15, -0.1) is 0 Å². The van der Waals surface area contributed by atoms with Crippen LogP contribution in [-0.4, -0.2) is 11.9 Å². The molecule has 1 unspecified atom stereocenters. The van der Waals surface area contributed by atoms with E-state index in [4.69, 9.17) is 9.47 Å². The van der Waals surface area contributed by atoms with Gasteiger partial charge in [0.25, 0.3) is 0 Å². The van der Waals surface area contributed by atoms with Crippen molar-refractivity contribution in [2.24, 2.45) is 0 Å². The number of carbonyl (C=O) groups excluding carboxylic acids is 2. The Labute approximate surface area is 158 Å². The molecule has 0 saturated heterocycles. The van der Waals surface area contributed by atoms with Crippen LogP contribution in [0.15, 0.2) is 72.8 Å². The summed E-state index contributed by atoms with van der Waals surface area (Å²) >= 11 is 0. The van der Waals surface area contributed by atoms with Gasteiger partial charge in [-0.1, -0.05) is 66.7 Å². The Morgan fingerprint density at radius 2 is 1.56 bits per heavy atom. The molecule has 0 spiro atoms. The highest BCUT2D eigenvalue weighted by Gasteiger charge is 2.17. The van der Waals surface area contributed by atoms with Crippen LogP contribution >= 0.6 is 0 Å². The van der Waals surface area contributed by atoms with Gasteiger partial charge in [0.2, 0.25) is 0 Å². The molecule has 4 nitrogen and oxygen atoms in total. The molecule has 3 aromatic carbocycles. The Balaban J connectivity index is 2.00. The standard InChI is InChI=1S/C23H20O4/c1-16(24)26-22-13-6-5-12-21(22)23(27-17(2)25)15-14-19-10-7-9-18-8-3-4-11-20(18)19/h3-15,23H,1-2H3/b15-14+. The van der Waals surface area contributed by atoms with Gasteiger partial charge in [0.05, 0.1) is 0 Å². The summed E-state index contributed by atoms with van der Waals surface area (Å²) in [6.45, 7) is 2.69. The lowest BCUT2D eigenvalue weighted by atomic mass is 10.0. The number of benzene rings is 3. The monoisotopic (exact) mass is 360 g/mol. The van der Waals surface area contributed by atoms with Gasteiger partial charge in [-0.2, -0.15) is 0 Å². The number of fused-ring (bicyclic) bond motifs is 1. The maximum Gasteiger partial charge on any atom is 0.308 e. The van der Waals surface area contributed by atoms with E-state index >= 15 is 0 Å². The first-order chi connectivity index (χ1) is 13.0. The number of hydrogen-bond donors (Lipinski definition) is 0. The van der Waals surface area contributed by atoms with Crippen molar-refractivity contribution in [3.63, 3.8) is 0 Å². The molecule has 0 radical (unpaired) electrons. The fourth-order valence-electron chi connectivity index (χ4n) is 2.94. The predicted molar refractivity (Wildman–Crippen MR) is 105 cm³/mol. The molecular formula is C23H20O4. The third-order valence-electron chi connectivity index (χ3n) is 4.05. The summed E-state index contributed by atoms with van der Waals surface area (Å²) in [5, 5.41) is 2.23. The summed E-state index contributed by atoms with van der Waals surface area (Å²) in [5.41, 5.74) is 1.62. The molecule has 1 atom stereocenters. The average Bonchev–Trinajstić information content (AvgIpc) is 2.65. The van der Waals surface area contributed by atoms with Crippen molar-refractivity contribution in [3.05, 3.63) is 83.9 Å². The lowest BCUT2D eigenvalue weighted by Gasteiger charge is -2.17. The van der Waals surface area contributed by atoms with E-state index in [-0.39, 0.29) is 0 Å². The van der Waals surface area contributed by atoms with Crippen molar-refractivity contribution in [3.8, 4) is 5.75 Å². The molecule has 0 heterocycles. The largest absolute Gasteiger partial charge is 0.453 e. The summed E-state index contributed by atoms with van der Waals surface area (Å²) in [6, 6.07) is 21.1. The molecule has 3 aromatic rings. The van der Waals surface area contributed by atoms with E-state index in [2.05, 4.69) is 0 Å². The number of esters is 2. The predicted octanol–water partition coefficient (Wildman–Crippen LogP) is 5.08. The lowest BCUT2D eigenvalue weighted by Crippen LogP contribution is -2.10. The first-order valence-corrected chi connectivity index (χ1v) is 8.65. The molecule has 136 valence electrons. The number of rotatable bonds is 5. The SMILES string of the molecule is CC(=O)Oc1ccccc1C(/C=C/c1cccc2ccccc12)OC(C)=O. The quantitative estimate of drug-likeness (QED) is 0.470. The highest BCUT2D eigenvalue weighted by atomic mass is 16.6. The van der Waals surface area contributed by atoms with Crippen molar-refractivity contribution in [1.29, 1.82) is 0 Å². The van der Waals surface area contributed by atoms with Gasteiger partial charge in [0, 0.05) is 19.4 Å². The Hall–Kier alpha value is -3.40. The van der Waals surface area contributed by atoms with Gasteiger partial charge >= 0.3 is 11.9 Å². The Kier molecular flexibility index (Phi) is 5.67. The van der Waals surface area contributed by atoms with E-state index < -0.39 is 18.0 Å². The smallest absolute Gasteiger partial charge is 0.308 e. The fraction of sp³-hybridized carbons (Fsp3) is 0.130. The minimum atomic E-state index is -0.669.